The zero-order valence-corrected chi connectivity index (χ0v) is 23.8. The van der Waals surface area contributed by atoms with Crippen molar-refractivity contribution in [1.29, 1.82) is 0 Å². The molecule has 1 unspecified atom stereocenters. The molecule has 0 radical (unpaired) electrons. The summed E-state index contributed by atoms with van der Waals surface area (Å²) in [5.74, 6) is 2.42. The lowest BCUT2D eigenvalue weighted by Gasteiger charge is -2.35. The molecule has 2 aliphatic rings. The van der Waals surface area contributed by atoms with Crippen molar-refractivity contribution in [2.75, 3.05) is 0 Å². The molecule has 8 aromatic rings. The second-order valence-corrected chi connectivity index (χ2v) is 14.6. The molecule has 2 aromatic heterocycles. The number of hydrogen-bond donors (Lipinski definition) is 0. The van der Waals surface area contributed by atoms with Gasteiger partial charge in [-0.2, -0.15) is 0 Å². The molecule has 42 heavy (non-hydrogen) atoms. The van der Waals surface area contributed by atoms with Crippen LogP contribution in [0.25, 0.3) is 47.7 Å². The third-order valence-corrected chi connectivity index (χ3v) is 12.9. The lowest BCUT2D eigenvalue weighted by atomic mass is 10.1. The number of fused-ring (bicyclic) bond motifs is 10. The van der Waals surface area contributed by atoms with E-state index in [1.54, 1.807) is 11.3 Å². The maximum atomic E-state index is 15.7. The van der Waals surface area contributed by atoms with Crippen LogP contribution in [0.3, 0.4) is 0 Å². The predicted molar refractivity (Wildman–Crippen MR) is 173 cm³/mol. The van der Waals surface area contributed by atoms with E-state index in [1.807, 2.05) is 36.4 Å². The zero-order valence-electron chi connectivity index (χ0n) is 22.1. The van der Waals surface area contributed by atoms with Crippen LogP contribution in [0.2, 0.25) is 0 Å². The summed E-state index contributed by atoms with van der Waals surface area (Å²) >= 11 is 1.72. The molecular formula is C36H20NO3PS. The Morgan fingerprint density at radius 2 is 1.14 bits per heavy atom. The second kappa shape index (κ2) is 7.92. The average molecular weight is 578 g/mol. The number of rotatable bonds is 1. The number of thiophene rings is 1. The van der Waals surface area contributed by atoms with Gasteiger partial charge in [0.15, 0.2) is 7.14 Å². The van der Waals surface area contributed by atoms with E-state index in [2.05, 4.69) is 89.5 Å². The van der Waals surface area contributed by atoms with Gasteiger partial charge in [-0.15, -0.1) is 11.3 Å². The highest BCUT2D eigenvalue weighted by Gasteiger charge is 2.47. The molecule has 4 nitrogen and oxygen atoms in total. The van der Waals surface area contributed by atoms with Crippen LogP contribution in [0.1, 0.15) is 0 Å². The summed E-state index contributed by atoms with van der Waals surface area (Å²) in [4.78, 5) is 0. The molecule has 0 amide bonds. The zero-order chi connectivity index (χ0) is 27.6. The Bertz CT molecular complexity index is 2470. The summed E-state index contributed by atoms with van der Waals surface area (Å²) in [6.45, 7) is 0. The van der Waals surface area contributed by atoms with Gasteiger partial charge in [-0.1, -0.05) is 66.7 Å². The van der Waals surface area contributed by atoms with Gasteiger partial charge in [0.05, 0.1) is 27.3 Å². The van der Waals surface area contributed by atoms with Gasteiger partial charge in [0.2, 0.25) is 0 Å². The van der Waals surface area contributed by atoms with Crippen LogP contribution in [-0.2, 0) is 4.57 Å². The molecule has 10 rings (SSSR count). The first-order chi connectivity index (χ1) is 20.7. The molecule has 0 N–H and O–H groups in total. The molecule has 0 saturated carbocycles. The van der Waals surface area contributed by atoms with Crippen LogP contribution in [0.15, 0.2) is 121 Å². The third kappa shape index (κ3) is 2.80. The fourth-order valence-electron chi connectivity index (χ4n) is 6.84. The van der Waals surface area contributed by atoms with Gasteiger partial charge in [0.1, 0.15) is 28.3 Å². The molecule has 0 bridgehead atoms. The summed E-state index contributed by atoms with van der Waals surface area (Å²) in [6, 6.07) is 41.2. The Labute approximate surface area is 244 Å². The second-order valence-electron chi connectivity index (χ2n) is 10.9. The lowest BCUT2D eigenvalue weighted by molar-refractivity contribution is 0.462. The van der Waals surface area contributed by atoms with Crippen molar-refractivity contribution in [3.8, 4) is 28.7 Å². The largest absolute Gasteiger partial charge is 0.456 e. The topological polar surface area (TPSA) is 40.5 Å². The van der Waals surface area contributed by atoms with Crippen LogP contribution in [0.4, 0.5) is 0 Å². The summed E-state index contributed by atoms with van der Waals surface area (Å²) in [5, 5.41) is 6.73. The van der Waals surface area contributed by atoms with Gasteiger partial charge in [-0.05, 0) is 42.5 Å². The van der Waals surface area contributed by atoms with E-state index >= 15 is 4.57 Å². The first kappa shape index (κ1) is 22.8. The minimum atomic E-state index is -3.31. The van der Waals surface area contributed by atoms with Gasteiger partial charge in [-0.25, -0.2) is 0 Å². The first-order valence-electron chi connectivity index (χ1n) is 13.9. The fourth-order valence-corrected chi connectivity index (χ4v) is 11.1. The Hall–Kier alpha value is -4.83. The highest BCUT2D eigenvalue weighted by Crippen LogP contribution is 2.59. The molecule has 0 saturated heterocycles. The van der Waals surface area contributed by atoms with Crippen molar-refractivity contribution >= 4 is 76.4 Å². The number of benzene rings is 6. The fraction of sp³-hybridized carbons (Fsp3) is 0. The van der Waals surface area contributed by atoms with E-state index in [-0.39, 0.29) is 0 Å². The van der Waals surface area contributed by atoms with Crippen LogP contribution < -0.4 is 25.4 Å². The van der Waals surface area contributed by atoms with Crippen molar-refractivity contribution in [3.05, 3.63) is 121 Å². The quantitative estimate of drug-likeness (QED) is 0.183. The van der Waals surface area contributed by atoms with Gasteiger partial charge < -0.3 is 18.6 Å². The molecule has 0 fully saturated rings. The molecular weight excluding hydrogens is 557 g/mol. The predicted octanol–water partition coefficient (Wildman–Crippen LogP) is 9.00. The molecule has 4 heterocycles. The number of nitrogens with zero attached hydrogens (tertiary/aromatic N) is 1. The van der Waals surface area contributed by atoms with Crippen molar-refractivity contribution in [1.82, 2.24) is 4.57 Å². The monoisotopic (exact) mass is 577 g/mol. The number of aromatic nitrogens is 1. The van der Waals surface area contributed by atoms with Gasteiger partial charge in [0, 0.05) is 43.1 Å². The van der Waals surface area contributed by atoms with Crippen molar-refractivity contribution < 1.29 is 14.0 Å². The Morgan fingerprint density at radius 1 is 0.524 bits per heavy atom. The highest BCUT2D eigenvalue weighted by molar-refractivity contribution is 7.86. The third-order valence-electron chi connectivity index (χ3n) is 8.62. The van der Waals surface area contributed by atoms with E-state index in [0.29, 0.717) is 33.6 Å². The number of ether oxygens (including phenoxy) is 2. The van der Waals surface area contributed by atoms with Crippen molar-refractivity contribution in [3.63, 3.8) is 0 Å². The van der Waals surface area contributed by atoms with E-state index in [9.17, 15) is 0 Å². The van der Waals surface area contributed by atoms with Gasteiger partial charge >= 0.3 is 0 Å². The van der Waals surface area contributed by atoms with E-state index in [4.69, 9.17) is 9.47 Å². The standard InChI is InChI=1S/C36H20NO3PS/c38-41-32-15-7-6-14-28(32)39-30-17-21(37-26-12-4-1-9-22(26)23-10-2-5-13-27(23)37)18-31(36(30)41)40-29-19-25-24-11-3-8-16-34(24)42-35(25)20-33(29)41/h1-20H. The summed E-state index contributed by atoms with van der Waals surface area (Å²) in [6.07, 6.45) is 0. The van der Waals surface area contributed by atoms with Crippen LogP contribution in [-0.4, -0.2) is 4.57 Å². The smallest absolute Gasteiger partial charge is 0.185 e. The number of hydrogen-bond acceptors (Lipinski definition) is 4. The molecule has 1 atom stereocenters. The average Bonchev–Trinajstić information content (AvgIpc) is 3.55. The maximum absolute atomic E-state index is 15.7. The minimum absolute atomic E-state index is 0.577. The Kier molecular flexibility index (Phi) is 4.30. The normalized spacial score (nSPS) is 16.7. The number of para-hydroxylation sites is 3. The van der Waals surface area contributed by atoms with E-state index < -0.39 is 7.14 Å². The van der Waals surface area contributed by atoms with E-state index in [0.717, 1.165) is 32.1 Å². The first-order valence-corrected chi connectivity index (χ1v) is 16.4. The molecule has 2 aliphatic heterocycles. The minimum Gasteiger partial charge on any atom is -0.456 e. The van der Waals surface area contributed by atoms with Gasteiger partial charge in [-0.3, -0.25) is 0 Å². The lowest BCUT2D eigenvalue weighted by Crippen LogP contribution is -2.35. The van der Waals surface area contributed by atoms with Crippen molar-refractivity contribution in [2.24, 2.45) is 0 Å². The molecule has 0 aliphatic carbocycles. The summed E-state index contributed by atoms with van der Waals surface area (Å²) in [5.41, 5.74) is 3.08. The molecule has 198 valence electrons. The van der Waals surface area contributed by atoms with Gasteiger partial charge in [0.25, 0.3) is 0 Å². The maximum Gasteiger partial charge on any atom is 0.185 e. The Morgan fingerprint density at radius 3 is 1.90 bits per heavy atom. The highest BCUT2D eigenvalue weighted by atomic mass is 32.1. The SMILES string of the molecule is O=P12c3ccccc3Oc3cc(-n4c5ccccc5c5ccccc54)cc(c31)Oc1cc3c(cc12)sc1ccccc13. The summed E-state index contributed by atoms with van der Waals surface area (Å²) < 4.78 is 33.5. The van der Waals surface area contributed by atoms with Crippen LogP contribution in [0, 0.1) is 0 Å². The molecule has 6 heteroatoms. The van der Waals surface area contributed by atoms with Crippen molar-refractivity contribution in [2.45, 2.75) is 0 Å². The molecule has 6 aromatic carbocycles. The summed E-state index contributed by atoms with van der Waals surface area (Å²) in [7, 11) is -3.31. The van der Waals surface area contributed by atoms with Crippen LogP contribution in [0.5, 0.6) is 23.0 Å². The Balaban J connectivity index is 1.31. The molecule has 0 spiro atoms. The van der Waals surface area contributed by atoms with Crippen LogP contribution >= 0.6 is 18.5 Å². The van der Waals surface area contributed by atoms with E-state index in [1.165, 1.54) is 20.9 Å².